The van der Waals surface area contributed by atoms with Crippen molar-refractivity contribution in [3.8, 4) is 5.69 Å². The Morgan fingerprint density at radius 2 is 1.80 bits per heavy atom. The number of hydrogen-bond donors (Lipinski definition) is 0. The first-order valence-corrected chi connectivity index (χ1v) is 9.10. The number of benzene rings is 2. The standard InChI is InChI=1S/C19H16N4OS/c1-25-16-9-7-14(8-10-16)12-22-13-20-18-17(19(22)24)11-21-23(18)15-5-3-2-4-6-15/h2-11,13H,12H2,1H3. The molecular weight excluding hydrogens is 332 g/mol. The molecule has 0 atom stereocenters. The second-order valence-electron chi connectivity index (χ2n) is 5.65. The third kappa shape index (κ3) is 2.96. The van der Waals surface area contributed by atoms with Gasteiger partial charge in [-0.25, -0.2) is 9.67 Å². The minimum absolute atomic E-state index is 0.0823. The molecule has 6 heteroatoms. The summed E-state index contributed by atoms with van der Waals surface area (Å²) >= 11 is 1.70. The van der Waals surface area contributed by atoms with E-state index in [1.807, 2.05) is 48.7 Å². The molecule has 0 radical (unpaired) electrons. The number of nitrogens with zero attached hydrogens (tertiary/aromatic N) is 4. The van der Waals surface area contributed by atoms with Gasteiger partial charge in [0.1, 0.15) is 11.7 Å². The van der Waals surface area contributed by atoms with Crippen LogP contribution >= 0.6 is 11.8 Å². The van der Waals surface area contributed by atoms with Crippen LogP contribution in [0.1, 0.15) is 5.56 Å². The molecule has 2 heterocycles. The predicted octanol–water partition coefficient (Wildman–Crippen LogP) is 3.35. The molecule has 0 aliphatic rings. The van der Waals surface area contributed by atoms with Crippen LogP contribution in [0.25, 0.3) is 16.7 Å². The van der Waals surface area contributed by atoms with Crippen LogP contribution in [0.5, 0.6) is 0 Å². The van der Waals surface area contributed by atoms with Gasteiger partial charge in [-0.05, 0) is 36.1 Å². The molecule has 0 saturated carbocycles. The second-order valence-corrected chi connectivity index (χ2v) is 6.53. The number of para-hydroxylation sites is 1. The van der Waals surface area contributed by atoms with E-state index in [2.05, 4.69) is 22.2 Å². The highest BCUT2D eigenvalue weighted by Gasteiger charge is 2.11. The highest BCUT2D eigenvalue weighted by Crippen LogP contribution is 2.16. The SMILES string of the molecule is CSc1ccc(Cn2cnc3c(cnn3-c3ccccc3)c2=O)cc1. The summed E-state index contributed by atoms with van der Waals surface area (Å²) in [5.74, 6) is 0. The normalized spacial score (nSPS) is 11.1. The van der Waals surface area contributed by atoms with Gasteiger partial charge in [-0.15, -0.1) is 11.8 Å². The van der Waals surface area contributed by atoms with Crippen LogP contribution in [0.2, 0.25) is 0 Å². The molecule has 0 spiro atoms. The number of hydrogen-bond acceptors (Lipinski definition) is 4. The topological polar surface area (TPSA) is 52.7 Å². The lowest BCUT2D eigenvalue weighted by atomic mass is 10.2. The van der Waals surface area contributed by atoms with E-state index < -0.39 is 0 Å². The monoisotopic (exact) mass is 348 g/mol. The molecular formula is C19H16N4OS. The zero-order valence-corrected chi connectivity index (χ0v) is 14.5. The molecule has 5 nitrogen and oxygen atoms in total. The van der Waals surface area contributed by atoms with Crippen LogP contribution in [0, 0.1) is 0 Å². The van der Waals surface area contributed by atoms with Crippen LogP contribution in [-0.4, -0.2) is 25.6 Å². The molecule has 4 aromatic rings. The second kappa shape index (κ2) is 6.57. The average molecular weight is 348 g/mol. The van der Waals surface area contributed by atoms with E-state index in [0.29, 0.717) is 17.6 Å². The Hall–Kier alpha value is -2.86. The molecule has 0 aliphatic heterocycles. The Morgan fingerprint density at radius 1 is 1.04 bits per heavy atom. The Kier molecular flexibility index (Phi) is 4.11. The molecule has 4 rings (SSSR count). The third-order valence-electron chi connectivity index (χ3n) is 4.07. The highest BCUT2D eigenvalue weighted by atomic mass is 32.2. The van der Waals surface area contributed by atoms with E-state index >= 15 is 0 Å². The van der Waals surface area contributed by atoms with Crippen molar-refractivity contribution >= 4 is 22.8 Å². The maximum absolute atomic E-state index is 12.8. The van der Waals surface area contributed by atoms with Gasteiger partial charge in [-0.2, -0.15) is 5.10 Å². The molecule has 0 amide bonds. The van der Waals surface area contributed by atoms with Gasteiger partial charge in [0.05, 0.1) is 18.4 Å². The van der Waals surface area contributed by atoms with Crippen molar-refractivity contribution in [3.05, 3.63) is 83.0 Å². The molecule has 25 heavy (non-hydrogen) atoms. The maximum Gasteiger partial charge on any atom is 0.264 e. The molecule has 0 fully saturated rings. The lowest BCUT2D eigenvalue weighted by Crippen LogP contribution is -2.21. The van der Waals surface area contributed by atoms with Crippen molar-refractivity contribution < 1.29 is 0 Å². The van der Waals surface area contributed by atoms with Crippen molar-refractivity contribution in [1.82, 2.24) is 19.3 Å². The first-order valence-electron chi connectivity index (χ1n) is 7.88. The lowest BCUT2D eigenvalue weighted by Gasteiger charge is -2.07. The number of aromatic nitrogens is 4. The number of thioether (sulfide) groups is 1. The predicted molar refractivity (Wildman–Crippen MR) is 100 cm³/mol. The van der Waals surface area contributed by atoms with Gasteiger partial charge in [0.2, 0.25) is 0 Å². The lowest BCUT2D eigenvalue weighted by molar-refractivity contribution is 0.745. The summed E-state index contributed by atoms with van der Waals surface area (Å²) < 4.78 is 3.31. The van der Waals surface area contributed by atoms with Crippen LogP contribution in [0.3, 0.4) is 0 Å². The molecule has 124 valence electrons. The highest BCUT2D eigenvalue weighted by molar-refractivity contribution is 7.98. The van der Waals surface area contributed by atoms with E-state index in [1.165, 1.54) is 4.90 Å². The smallest absolute Gasteiger partial charge is 0.264 e. The fourth-order valence-electron chi connectivity index (χ4n) is 2.75. The summed E-state index contributed by atoms with van der Waals surface area (Å²) in [6, 6.07) is 17.9. The number of fused-ring (bicyclic) bond motifs is 1. The largest absolute Gasteiger partial charge is 0.294 e. The Labute approximate surface area is 148 Å². The Balaban J connectivity index is 1.72. The minimum atomic E-state index is -0.0823. The zero-order chi connectivity index (χ0) is 17.2. The first-order chi connectivity index (χ1) is 12.3. The number of rotatable bonds is 4. The summed E-state index contributed by atoms with van der Waals surface area (Å²) in [5, 5.41) is 4.86. The van der Waals surface area contributed by atoms with Crippen LogP contribution in [0.15, 0.2) is 76.8 Å². The summed E-state index contributed by atoms with van der Waals surface area (Å²) in [6.07, 6.45) is 5.22. The zero-order valence-electron chi connectivity index (χ0n) is 13.7. The summed E-state index contributed by atoms with van der Waals surface area (Å²) in [7, 11) is 0. The van der Waals surface area contributed by atoms with Gasteiger partial charge in [0.25, 0.3) is 5.56 Å². The van der Waals surface area contributed by atoms with E-state index in [-0.39, 0.29) is 5.56 Å². The van der Waals surface area contributed by atoms with Crippen LogP contribution in [-0.2, 0) is 6.54 Å². The maximum atomic E-state index is 12.8. The summed E-state index contributed by atoms with van der Waals surface area (Å²) in [5.41, 5.74) is 2.44. The Bertz CT molecular complexity index is 1070. The minimum Gasteiger partial charge on any atom is -0.294 e. The van der Waals surface area contributed by atoms with Gasteiger partial charge in [0.15, 0.2) is 5.65 Å². The van der Waals surface area contributed by atoms with Crippen molar-refractivity contribution in [3.63, 3.8) is 0 Å². The van der Waals surface area contributed by atoms with Gasteiger partial charge < -0.3 is 0 Å². The van der Waals surface area contributed by atoms with Gasteiger partial charge in [-0.1, -0.05) is 30.3 Å². The average Bonchev–Trinajstić information content (AvgIpc) is 3.10. The van der Waals surface area contributed by atoms with E-state index in [9.17, 15) is 4.79 Å². The van der Waals surface area contributed by atoms with Gasteiger partial charge in [-0.3, -0.25) is 9.36 Å². The van der Waals surface area contributed by atoms with Crippen molar-refractivity contribution in [1.29, 1.82) is 0 Å². The molecule has 2 aromatic carbocycles. The van der Waals surface area contributed by atoms with Crippen molar-refractivity contribution in [2.45, 2.75) is 11.4 Å². The fraction of sp³-hybridized carbons (Fsp3) is 0.105. The Morgan fingerprint density at radius 3 is 2.52 bits per heavy atom. The molecule has 2 aromatic heterocycles. The molecule has 0 N–H and O–H groups in total. The summed E-state index contributed by atoms with van der Waals surface area (Å²) in [6.45, 7) is 0.493. The fourth-order valence-corrected chi connectivity index (χ4v) is 3.16. The third-order valence-corrected chi connectivity index (χ3v) is 4.81. The molecule has 0 aliphatic carbocycles. The van der Waals surface area contributed by atoms with Gasteiger partial charge in [0, 0.05) is 4.90 Å². The van der Waals surface area contributed by atoms with E-state index in [0.717, 1.165) is 11.3 Å². The van der Waals surface area contributed by atoms with Crippen LogP contribution < -0.4 is 5.56 Å². The molecule has 0 unspecified atom stereocenters. The summed E-state index contributed by atoms with van der Waals surface area (Å²) in [4.78, 5) is 18.4. The van der Waals surface area contributed by atoms with Crippen molar-refractivity contribution in [2.24, 2.45) is 0 Å². The van der Waals surface area contributed by atoms with Crippen LogP contribution in [0.4, 0.5) is 0 Å². The first kappa shape index (κ1) is 15.7. The van der Waals surface area contributed by atoms with Gasteiger partial charge >= 0.3 is 0 Å². The quantitative estimate of drug-likeness (QED) is 0.531. The molecule has 0 bridgehead atoms. The van der Waals surface area contributed by atoms with E-state index in [4.69, 9.17) is 0 Å². The van der Waals surface area contributed by atoms with Crippen molar-refractivity contribution in [2.75, 3.05) is 6.26 Å². The molecule has 0 saturated heterocycles. The van der Waals surface area contributed by atoms with E-state index in [1.54, 1.807) is 33.5 Å².